The van der Waals surface area contributed by atoms with Crippen LogP contribution in [0.2, 0.25) is 0 Å². The van der Waals surface area contributed by atoms with Crippen LogP contribution in [0.15, 0.2) is 0 Å². The highest BCUT2D eigenvalue weighted by atomic mass is 16.5. The summed E-state index contributed by atoms with van der Waals surface area (Å²) in [5.74, 6) is -0.380. The van der Waals surface area contributed by atoms with Gasteiger partial charge in [-0.2, -0.15) is 0 Å². The molecule has 0 rings (SSSR count). The zero-order chi connectivity index (χ0) is 13.3. The minimum atomic E-state index is -0.231. The molecular formula is C12H24N2O3. The van der Waals surface area contributed by atoms with Crippen molar-refractivity contribution in [2.24, 2.45) is 5.92 Å². The fourth-order valence-electron chi connectivity index (χ4n) is 1.46. The van der Waals surface area contributed by atoms with Gasteiger partial charge in [0.05, 0.1) is 13.2 Å². The second-order valence-corrected chi connectivity index (χ2v) is 4.29. The normalized spacial score (nSPS) is 12.3. The minimum Gasteiger partial charge on any atom is -0.465 e. The minimum absolute atomic E-state index is 0.0174. The number of unbranched alkanes of at least 4 members (excludes halogenated alkanes) is 1. The van der Waals surface area contributed by atoms with Gasteiger partial charge >= 0.3 is 5.97 Å². The maximum atomic E-state index is 11.4. The molecule has 0 spiro atoms. The summed E-state index contributed by atoms with van der Waals surface area (Å²) in [5, 5.41) is 2.58. The first-order valence-electron chi connectivity index (χ1n) is 6.07. The van der Waals surface area contributed by atoms with E-state index in [9.17, 15) is 9.59 Å². The van der Waals surface area contributed by atoms with Crippen molar-refractivity contribution >= 4 is 11.9 Å². The van der Waals surface area contributed by atoms with Crippen molar-refractivity contribution in [1.29, 1.82) is 0 Å². The average Bonchev–Trinajstić information content (AvgIpc) is 2.27. The van der Waals surface area contributed by atoms with Crippen molar-refractivity contribution in [3.63, 3.8) is 0 Å². The lowest BCUT2D eigenvalue weighted by atomic mass is 10.1. The third-order valence-electron chi connectivity index (χ3n) is 2.44. The third-order valence-corrected chi connectivity index (χ3v) is 2.44. The molecule has 0 heterocycles. The monoisotopic (exact) mass is 244 g/mol. The molecule has 0 saturated heterocycles. The number of hydrogen-bond acceptors (Lipinski definition) is 4. The summed E-state index contributed by atoms with van der Waals surface area (Å²) < 4.78 is 5.04. The Balaban J connectivity index is 3.80. The lowest BCUT2D eigenvalue weighted by molar-refractivity contribution is -0.145. The van der Waals surface area contributed by atoms with E-state index >= 15 is 0 Å². The highest BCUT2D eigenvalue weighted by Crippen LogP contribution is 1.98. The number of ether oxygens (including phenoxy) is 1. The highest BCUT2D eigenvalue weighted by Gasteiger charge is 2.15. The highest BCUT2D eigenvalue weighted by molar-refractivity contribution is 5.78. The summed E-state index contributed by atoms with van der Waals surface area (Å²) in [6.45, 7) is 5.13. The largest absolute Gasteiger partial charge is 0.465 e. The number of hydrogen-bond donors (Lipinski definition) is 1. The van der Waals surface area contributed by atoms with Crippen LogP contribution in [0.25, 0.3) is 0 Å². The summed E-state index contributed by atoms with van der Waals surface area (Å²) in [6, 6.07) is 0. The van der Waals surface area contributed by atoms with E-state index in [1.807, 2.05) is 13.8 Å². The maximum absolute atomic E-state index is 11.4. The van der Waals surface area contributed by atoms with E-state index in [1.165, 1.54) is 0 Å². The average molecular weight is 244 g/mol. The van der Waals surface area contributed by atoms with Crippen molar-refractivity contribution in [3.8, 4) is 0 Å². The second-order valence-electron chi connectivity index (χ2n) is 4.29. The van der Waals surface area contributed by atoms with E-state index < -0.39 is 0 Å². The van der Waals surface area contributed by atoms with Crippen LogP contribution in [0.1, 0.15) is 26.7 Å². The van der Waals surface area contributed by atoms with Crippen molar-refractivity contribution in [2.45, 2.75) is 26.7 Å². The Morgan fingerprint density at radius 2 is 2.06 bits per heavy atom. The van der Waals surface area contributed by atoms with Crippen molar-refractivity contribution in [1.82, 2.24) is 10.2 Å². The molecule has 5 nitrogen and oxygen atoms in total. The van der Waals surface area contributed by atoms with E-state index in [2.05, 4.69) is 5.32 Å². The molecule has 0 aliphatic rings. The van der Waals surface area contributed by atoms with Gasteiger partial charge in [0, 0.05) is 19.5 Å². The van der Waals surface area contributed by atoms with Gasteiger partial charge in [-0.25, -0.2) is 0 Å². The Labute approximate surface area is 103 Å². The number of carbonyl (C=O) groups is 2. The van der Waals surface area contributed by atoms with Gasteiger partial charge in [-0.3, -0.25) is 14.5 Å². The second kappa shape index (κ2) is 8.98. The predicted octanol–water partition coefficient (Wildman–Crippen LogP) is 0.644. The zero-order valence-corrected chi connectivity index (χ0v) is 11.3. The number of amides is 1. The molecule has 0 aliphatic heterocycles. The van der Waals surface area contributed by atoms with Crippen molar-refractivity contribution in [2.75, 3.05) is 33.8 Å². The van der Waals surface area contributed by atoms with Gasteiger partial charge in [-0.1, -0.05) is 20.3 Å². The van der Waals surface area contributed by atoms with Crippen molar-refractivity contribution in [3.05, 3.63) is 0 Å². The summed E-state index contributed by atoms with van der Waals surface area (Å²) in [6.07, 6.45) is 1.90. The quantitative estimate of drug-likeness (QED) is 0.503. The van der Waals surface area contributed by atoms with Crippen LogP contribution in [0, 0.1) is 5.92 Å². The van der Waals surface area contributed by atoms with Crippen LogP contribution in [-0.2, 0) is 14.3 Å². The first kappa shape index (κ1) is 15.9. The smallest absolute Gasteiger partial charge is 0.320 e. The molecule has 0 saturated carbocycles. The molecule has 0 aromatic rings. The molecule has 1 N–H and O–H groups in total. The van der Waals surface area contributed by atoms with Gasteiger partial charge in [0.25, 0.3) is 0 Å². The molecule has 5 heteroatoms. The molecule has 0 aliphatic carbocycles. The molecule has 0 radical (unpaired) electrons. The van der Waals surface area contributed by atoms with Gasteiger partial charge in [-0.05, 0) is 13.5 Å². The van der Waals surface area contributed by atoms with E-state index in [0.717, 1.165) is 12.8 Å². The molecule has 0 fully saturated rings. The number of likely N-dealkylation sites (N-methyl/N-ethyl adjacent to an activating group) is 1. The van der Waals surface area contributed by atoms with Crippen LogP contribution in [0.3, 0.4) is 0 Å². The Morgan fingerprint density at radius 3 is 2.59 bits per heavy atom. The zero-order valence-electron chi connectivity index (χ0n) is 11.3. The summed E-state index contributed by atoms with van der Waals surface area (Å²) in [4.78, 5) is 24.5. The number of rotatable bonds is 8. The first-order chi connectivity index (χ1) is 8.01. The molecule has 0 bridgehead atoms. The lowest BCUT2D eigenvalue weighted by Crippen LogP contribution is -2.37. The van der Waals surface area contributed by atoms with E-state index in [1.54, 1.807) is 19.0 Å². The van der Waals surface area contributed by atoms with Gasteiger partial charge in [0.1, 0.15) is 0 Å². The number of esters is 1. The Bertz CT molecular complexity index is 244. The number of nitrogens with one attached hydrogen (secondary N) is 1. The van der Waals surface area contributed by atoms with E-state index in [-0.39, 0.29) is 24.3 Å². The standard InChI is InChI=1S/C12H24N2O3/c1-5-6-7-17-11(15)9-14(4)8-10(2)12(16)13-3/h10H,5-9H2,1-4H3,(H,13,16). The Hall–Kier alpha value is -1.10. The molecule has 1 atom stereocenters. The molecular weight excluding hydrogens is 220 g/mol. The Morgan fingerprint density at radius 1 is 1.41 bits per heavy atom. The van der Waals surface area contributed by atoms with Crippen LogP contribution in [0.4, 0.5) is 0 Å². The van der Waals surface area contributed by atoms with Gasteiger partial charge in [-0.15, -0.1) is 0 Å². The van der Waals surface area contributed by atoms with Crippen LogP contribution in [-0.4, -0.2) is 50.6 Å². The lowest BCUT2D eigenvalue weighted by Gasteiger charge is -2.19. The summed E-state index contributed by atoms with van der Waals surface area (Å²) in [5.41, 5.74) is 0. The van der Waals surface area contributed by atoms with Crippen molar-refractivity contribution < 1.29 is 14.3 Å². The maximum Gasteiger partial charge on any atom is 0.320 e. The molecule has 17 heavy (non-hydrogen) atoms. The molecule has 100 valence electrons. The van der Waals surface area contributed by atoms with E-state index in [0.29, 0.717) is 13.2 Å². The first-order valence-corrected chi connectivity index (χ1v) is 6.07. The topological polar surface area (TPSA) is 58.6 Å². The van der Waals surface area contributed by atoms with Gasteiger partial charge < -0.3 is 10.1 Å². The SMILES string of the molecule is CCCCOC(=O)CN(C)CC(C)C(=O)NC. The van der Waals surface area contributed by atoms with Crippen LogP contribution in [0.5, 0.6) is 0 Å². The predicted molar refractivity (Wildman–Crippen MR) is 66.6 cm³/mol. The number of carbonyl (C=O) groups excluding carboxylic acids is 2. The fourth-order valence-corrected chi connectivity index (χ4v) is 1.46. The summed E-state index contributed by atoms with van der Waals surface area (Å²) >= 11 is 0. The van der Waals surface area contributed by atoms with Crippen LogP contribution < -0.4 is 5.32 Å². The molecule has 1 amide bonds. The fraction of sp³-hybridized carbons (Fsp3) is 0.833. The Kier molecular flexibility index (Phi) is 8.40. The summed E-state index contributed by atoms with van der Waals surface area (Å²) in [7, 11) is 3.42. The molecule has 1 unspecified atom stereocenters. The van der Waals surface area contributed by atoms with E-state index in [4.69, 9.17) is 4.74 Å². The van der Waals surface area contributed by atoms with Gasteiger partial charge in [0.15, 0.2) is 0 Å². The van der Waals surface area contributed by atoms with Gasteiger partial charge in [0.2, 0.25) is 5.91 Å². The molecule has 0 aromatic carbocycles. The van der Waals surface area contributed by atoms with Crippen LogP contribution >= 0.6 is 0 Å². The number of nitrogens with zero attached hydrogens (tertiary/aromatic N) is 1. The molecule has 0 aromatic heterocycles. The third kappa shape index (κ3) is 7.74.